The van der Waals surface area contributed by atoms with Gasteiger partial charge in [0.05, 0.1) is 22.7 Å². The highest BCUT2D eigenvalue weighted by Crippen LogP contribution is 2.34. The van der Waals surface area contributed by atoms with Gasteiger partial charge in [-0.05, 0) is 42.0 Å². The molecule has 0 bridgehead atoms. The van der Waals surface area contributed by atoms with Gasteiger partial charge in [-0.15, -0.1) is 11.3 Å². The highest BCUT2D eigenvalue weighted by Gasteiger charge is 2.34. The number of benzene rings is 4. The predicted molar refractivity (Wildman–Crippen MR) is 171 cm³/mol. The highest BCUT2D eigenvalue weighted by atomic mass is 35.5. The number of hydrogen-bond donors (Lipinski definition) is 1. The number of amidine groups is 1. The topological polar surface area (TPSA) is 101 Å². The molecule has 2 heterocycles. The zero-order chi connectivity index (χ0) is 30.0. The van der Waals surface area contributed by atoms with Gasteiger partial charge >= 0.3 is 0 Å². The molecule has 0 aliphatic carbocycles. The summed E-state index contributed by atoms with van der Waals surface area (Å²) in [4.78, 5) is 24.6. The third-order valence-corrected chi connectivity index (χ3v) is 9.05. The summed E-state index contributed by atoms with van der Waals surface area (Å²) in [6, 6.07) is 30.1. The van der Waals surface area contributed by atoms with Gasteiger partial charge in [0.2, 0.25) is 0 Å². The van der Waals surface area contributed by atoms with Gasteiger partial charge in [-0.3, -0.25) is 9.52 Å². The van der Waals surface area contributed by atoms with Crippen LogP contribution in [-0.2, 0) is 14.8 Å². The van der Waals surface area contributed by atoms with Crippen molar-refractivity contribution in [2.24, 2.45) is 4.99 Å². The van der Waals surface area contributed by atoms with E-state index >= 15 is 0 Å². The summed E-state index contributed by atoms with van der Waals surface area (Å²) in [5.41, 5.74) is 3.74. The quantitative estimate of drug-likeness (QED) is 0.185. The molecule has 5 aromatic rings. The van der Waals surface area contributed by atoms with Gasteiger partial charge in [0, 0.05) is 22.2 Å². The first-order valence-corrected chi connectivity index (χ1v) is 15.7. The predicted octanol–water partition coefficient (Wildman–Crippen LogP) is 7.11. The van der Waals surface area contributed by atoms with E-state index in [1.807, 2.05) is 66.0 Å². The Bertz CT molecular complexity index is 1980. The summed E-state index contributed by atoms with van der Waals surface area (Å²) in [6.45, 7) is 0. The number of aromatic nitrogens is 1. The van der Waals surface area contributed by atoms with Crippen molar-refractivity contribution in [2.45, 2.75) is 4.90 Å². The standard InChI is InChI=1S/C32H23ClN4O4S2/c1-41-29-17-16-25(19-26(29)33)43(39,40)36-24-14-12-22(13-15-24)28-20-42-32(35-28)37-30(23-10-6-3-7-11-23)34-27(31(37)38)18-21-8-4-2-5-9-21/h2-20,36H,1H3/b27-18-. The minimum atomic E-state index is -3.88. The first-order valence-electron chi connectivity index (χ1n) is 13.0. The van der Waals surface area contributed by atoms with E-state index in [4.69, 9.17) is 26.3 Å². The second-order valence-electron chi connectivity index (χ2n) is 9.38. The average Bonchev–Trinajstić information content (AvgIpc) is 3.63. The van der Waals surface area contributed by atoms with Crippen molar-refractivity contribution in [3.8, 4) is 17.0 Å². The Labute approximate surface area is 257 Å². The van der Waals surface area contributed by atoms with Crippen LogP contribution >= 0.6 is 22.9 Å². The number of aliphatic imine (C=N–C) groups is 1. The molecule has 1 amide bonds. The molecule has 4 aromatic carbocycles. The van der Waals surface area contributed by atoms with Crippen LogP contribution in [0.5, 0.6) is 5.75 Å². The number of ether oxygens (including phenoxy) is 1. The van der Waals surface area contributed by atoms with Crippen molar-refractivity contribution >= 4 is 61.6 Å². The summed E-state index contributed by atoms with van der Waals surface area (Å²) < 4.78 is 33.5. The van der Waals surface area contributed by atoms with Crippen LogP contribution in [0.1, 0.15) is 11.1 Å². The lowest BCUT2D eigenvalue weighted by Gasteiger charge is -2.15. The Morgan fingerprint density at radius 3 is 2.28 bits per heavy atom. The third kappa shape index (κ3) is 5.94. The fraction of sp³-hybridized carbons (Fsp3) is 0.0312. The van der Waals surface area contributed by atoms with E-state index in [2.05, 4.69) is 4.72 Å². The molecule has 8 nitrogen and oxygen atoms in total. The van der Waals surface area contributed by atoms with Crippen LogP contribution in [0.15, 0.2) is 124 Å². The summed E-state index contributed by atoms with van der Waals surface area (Å²) in [5, 5.41) is 2.52. The number of sulfonamides is 1. The number of nitrogens with one attached hydrogen (secondary N) is 1. The van der Waals surface area contributed by atoms with Crippen LogP contribution in [0.25, 0.3) is 17.3 Å². The first kappa shape index (κ1) is 28.4. The summed E-state index contributed by atoms with van der Waals surface area (Å²) in [7, 11) is -2.42. The van der Waals surface area contributed by atoms with Crippen LogP contribution in [0, 0.1) is 0 Å². The molecule has 0 fully saturated rings. The SMILES string of the molecule is COc1ccc(S(=O)(=O)Nc2ccc(-c3csc(N4C(=O)/C(=C/c5ccccc5)N=C4c4ccccc4)n3)cc2)cc1Cl. The van der Waals surface area contributed by atoms with Crippen molar-refractivity contribution in [1.82, 2.24) is 4.98 Å². The fourth-order valence-corrected chi connectivity index (χ4v) is 6.66. The second-order valence-corrected chi connectivity index (χ2v) is 12.3. The van der Waals surface area contributed by atoms with Gasteiger partial charge in [-0.25, -0.2) is 23.3 Å². The van der Waals surface area contributed by atoms with E-state index in [9.17, 15) is 13.2 Å². The first-order chi connectivity index (χ1) is 20.8. The van der Waals surface area contributed by atoms with Crippen molar-refractivity contribution in [2.75, 3.05) is 16.7 Å². The van der Waals surface area contributed by atoms with Crippen molar-refractivity contribution in [3.05, 3.63) is 130 Å². The molecule has 1 N–H and O–H groups in total. The smallest absolute Gasteiger partial charge is 0.284 e. The molecule has 0 saturated carbocycles. The minimum absolute atomic E-state index is 0.0124. The molecule has 43 heavy (non-hydrogen) atoms. The number of nitrogens with zero attached hydrogens (tertiary/aromatic N) is 3. The molecule has 11 heteroatoms. The lowest BCUT2D eigenvalue weighted by atomic mass is 10.1. The third-order valence-electron chi connectivity index (χ3n) is 6.55. The number of hydrogen-bond acceptors (Lipinski definition) is 7. The maximum absolute atomic E-state index is 13.6. The van der Waals surface area contributed by atoms with Gasteiger partial charge in [0.1, 0.15) is 17.3 Å². The number of methoxy groups -OCH3 is 1. The van der Waals surface area contributed by atoms with Gasteiger partial charge in [-0.2, -0.15) is 0 Å². The number of halogens is 1. The molecular formula is C32H23ClN4O4S2. The molecule has 0 spiro atoms. The summed E-state index contributed by atoms with van der Waals surface area (Å²) in [6.07, 6.45) is 1.76. The Morgan fingerprint density at radius 2 is 1.60 bits per heavy atom. The number of rotatable bonds is 8. The largest absolute Gasteiger partial charge is 0.495 e. The Balaban J connectivity index is 1.25. The van der Waals surface area contributed by atoms with E-state index in [0.717, 1.165) is 16.7 Å². The molecule has 6 rings (SSSR count). The molecular weight excluding hydrogens is 604 g/mol. The summed E-state index contributed by atoms with van der Waals surface area (Å²) in [5.74, 6) is 0.609. The molecule has 1 aromatic heterocycles. The number of anilines is 2. The molecule has 0 atom stereocenters. The minimum Gasteiger partial charge on any atom is -0.495 e. The monoisotopic (exact) mass is 626 g/mol. The van der Waals surface area contributed by atoms with E-state index < -0.39 is 10.0 Å². The molecule has 214 valence electrons. The van der Waals surface area contributed by atoms with Crippen LogP contribution in [0.3, 0.4) is 0 Å². The number of thiazole rings is 1. The van der Waals surface area contributed by atoms with Gasteiger partial charge in [0.25, 0.3) is 15.9 Å². The molecule has 0 radical (unpaired) electrons. The van der Waals surface area contributed by atoms with Crippen LogP contribution in [0.4, 0.5) is 10.8 Å². The van der Waals surface area contributed by atoms with Crippen LogP contribution in [0.2, 0.25) is 5.02 Å². The molecule has 1 aliphatic rings. The van der Waals surface area contributed by atoms with Crippen molar-refractivity contribution < 1.29 is 17.9 Å². The van der Waals surface area contributed by atoms with Gasteiger partial charge in [0.15, 0.2) is 5.13 Å². The van der Waals surface area contributed by atoms with Crippen molar-refractivity contribution in [3.63, 3.8) is 0 Å². The van der Waals surface area contributed by atoms with E-state index in [1.165, 1.54) is 41.5 Å². The van der Waals surface area contributed by atoms with Gasteiger partial charge < -0.3 is 4.74 Å². The molecule has 1 aliphatic heterocycles. The van der Waals surface area contributed by atoms with E-state index in [0.29, 0.717) is 33.8 Å². The normalized spacial score (nSPS) is 14.2. The van der Waals surface area contributed by atoms with E-state index in [1.54, 1.807) is 30.3 Å². The maximum atomic E-state index is 13.6. The maximum Gasteiger partial charge on any atom is 0.284 e. The fourth-order valence-electron chi connectivity index (χ4n) is 4.42. The Morgan fingerprint density at radius 1 is 0.907 bits per heavy atom. The number of amides is 1. The Hall–Kier alpha value is -4.77. The van der Waals surface area contributed by atoms with Crippen LogP contribution < -0.4 is 14.4 Å². The lowest BCUT2D eigenvalue weighted by molar-refractivity contribution is -0.113. The number of carbonyl (C=O) groups excluding carboxylic acids is 1. The highest BCUT2D eigenvalue weighted by molar-refractivity contribution is 7.92. The number of carbonyl (C=O) groups is 1. The Kier molecular flexibility index (Phi) is 7.81. The lowest BCUT2D eigenvalue weighted by Crippen LogP contribution is -2.32. The molecule has 0 saturated heterocycles. The zero-order valence-corrected chi connectivity index (χ0v) is 25.0. The zero-order valence-electron chi connectivity index (χ0n) is 22.6. The molecule has 0 unspecified atom stereocenters. The second kappa shape index (κ2) is 11.8. The van der Waals surface area contributed by atoms with Crippen molar-refractivity contribution in [1.29, 1.82) is 0 Å². The van der Waals surface area contributed by atoms with Gasteiger partial charge in [-0.1, -0.05) is 84.4 Å². The van der Waals surface area contributed by atoms with Crippen LogP contribution in [-0.4, -0.2) is 32.3 Å². The average molecular weight is 627 g/mol. The van der Waals surface area contributed by atoms with E-state index in [-0.39, 0.29) is 15.8 Å². The summed E-state index contributed by atoms with van der Waals surface area (Å²) >= 11 is 7.43.